The van der Waals surface area contributed by atoms with Crippen molar-refractivity contribution >= 4 is 34.2 Å². The van der Waals surface area contributed by atoms with E-state index in [1.165, 1.54) is 22.3 Å². The maximum Gasteiger partial charge on any atom is 0.301 e. The number of hydrogen-bond acceptors (Lipinski definition) is 5. The third-order valence-corrected chi connectivity index (χ3v) is 6.07. The summed E-state index contributed by atoms with van der Waals surface area (Å²) < 4.78 is 0. The van der Waals surface area contributed by atoms with Gasteiger partial charge in [-0.3, -0.25) is 9.79 Å². The minimum absolute atomic E-state index is 0.0240. The van der Waals surface area contributed by atoms with Gasteiger partial charge in [0.15, 0.2) is 0 Å². The van der Waals surface area contributed by atoms with Crippen LogP contribution in [0.1, 0.15) is 28.7 Å². The van der Waals surface area contributed by atoms with E-state index in [-0.39, 0.29) is 5.24 Å². The minimum Gasteiger partial charge on any atom is -0.326 e. The smallest absolute Gasteiger partial charge is 0.301 e. The molecule has 0 bridgehead atoms. The predicted octanol–water partition coefficient (Wildman–Crippen LogP) is 3.89. The Kier molecular flexibility index (Phi) is 5.36. The van der Waals surface area contributed by atoms with Gasteiger partial charge in [0.25, 0.3) is 0 Å². The lowest BCUT2D eigenvalue weighted by Gasteiger charge is -2.33. The standard InChI is InChI=1S/C22H21N5OS/c1-24-21(16-7-5-15(13-23)6-8-16)27-11-3-4-18-12-17(9-10-20(18)27)19-14-29-22(28)26(2)25-19/h5-10,12H,3-4,11,14H2,1-2H3/b24-21-. The molecule has 0 aliphatic carbocycles. The van der Waals surface area contributed by atoms with Crippen molar-refractivity contribution < 1.29 is 4.79 Å². The van der Waals surface area contributed by atoms with Crippen molar-refractivity contribution in [2.45, 2.75) is 12.8 Å². The predicted molar refractivity (Wildman–Crippen MR) is 118 cm³/mol. The highest BCUT2D eigenvalue weighted by molar-refractivity contribution is 8.14. The average Bonchev–Trinajstić information content (AvgIpc) is 2.76. The molecule has 0 saturated carbocycles. The van der Waals surface area contributed by atoms with Crippen LogP contribution in [0.2, 0.25) is 0 Å². The lowest BCUT2D eigenvalue weighted by atomic mass is 9.97. The van der Waals surface area contributed by atoms with Gasteiger partial charge in [0, 0.05) is 37.6 Å². The van der Waals surface area contributed by atoms with E-state index in [4.69, 9.17) is 5.26 Å². The highest BCUT2D eigenvalue weighted by atomic mass is 32.2. The number of nitriles is 1. The summed E-state index contributed by atoms with van der Waals surface area (Å²) in [6.45, 7) is 0.896. The molecule has 0 spiro atoms. The number of rotatable bonds is 2. The number of thioether (sulfide) groups is 1. The lowest BCUT2D eigenvalue weighted by molar-refractivity contribution is 0.235. The maximum atomic E-state index is 11.7. The zero-order valence-corrected chi connectivity index (χ0v) is 17.2. The van der Waals surface area contributed by atoms with Crippen LogP contribution in [0.25, 0.3) is 0 Å². The largest absolute Gasteiger partial charge is 0.326 e. The van der Waals surface area contributed by atoms with E-state index >= 15 is 0 Å². The molecule has 0 N–H and O–H groups in total. The van der Waals surface area contributed by atoms with E-state index in [2.05, 4.69) is 39.3 Å². The molecule has 7 heteroatoms. The number of carbonyl (C=O) groups excluding carboxylic acids is 1. The molecule has 2 aliphatic rings. The molecule has 2 aromatic rings. The van der Waals surface area contributed by atoms with Gasteiger partial charge in [-0.2, -0.15) is 10.4 Å². The molecule has 2 aliphatic heterocycles. The normalized spacial score (nSPS) is 16.9. The van der Waals surface area contributed by atoms with Gasteiger partial charge in [0.05, 0.1) is 17.3 Å². The van der Waals surface area contributed by atoms with Gasteiger partial charge in [-0.25, -0.2) is 5.01 Å². The number of benzene rings is 2. The summed E-state index contributed by atoms with van der Waals surface area (Å²) in [4.78, 5) is 18.5. The number of hydrazone groups is 1. The Labute approximate surface area is 174 Å². The van der Waals surface area contributed by atoms with Crippen molar-refractivity contribution in [3.63, 3.8) is 0 Å². The fourth-order valence-electron chi connectivity index (χ4n) is 3.71. The van der Waals surface area contributed by atoms with Crippen LogP contribution in [0.15, 0.2) is 52.6 Å². The Morgan fingerprint density at radius 2 is 2.03 bits per heavy atom. The second-order valence-corrected chi connectivity index (χ2v) is 7.89. The topological polar surface area (TPSA) is 72.1 Å². The number of aliphatic imine (C=N–C) groups is 1. The summed E-state index contributed by atoms with van der Waals surface area (Å²) in [5.74, 6) is 1.50. The number of nitrogens with zero attached hydrogens (tertiary/aromatic N) is 5. The number of carbonyl (C=O) groups is 1. The molecule has 0 atom stereocenters. The lowest BCUT2D eigenvalue weighted by Crippen LogP contribution is -2.36. The number of hydrogen-bond donors (Lipinski definition) is 0. The van der Waals surface area contributed by atoms with Gasteiger partial charge in [-0.05, 0) is 60.4 Å². The summed E-state index contributed by atoms with van der Waals surface area (Å²) in [7, 11) is 3.49. The molecule has 2 heterocycles. The first-order valence-corrected chi connectivity index (χ1v) is 10.5. The van der Waals surface area contributed by atoms with Crippen molar-refractivity contribution in [2.24, 2.45) is 10.1 Å². The van der Waals surface area contributed by atoms with E-state index < -0.39 is 0 Å². The van der Waals surface area contributed by atoms with E-state index in [0.29, 0.717) is 11.3 Å². The fraction of sp³-hybridized carbons (Fsp3) is 0.273. The van der Waals surface area contributed by atoms with E-state index in [1.807, 2.05) is 24.3 Å². The SMILES string of the molecule is C/N=C(/c1ccc(C#N)cc1)N1CCCc2cc(C3=NN(C)C(=O)SC3)ccc21. The van der Waals surface area contributed by atoms with Crippen LogP contribution in [-0.4, -0.2) is 48.2 Å². The quantitative estimate of drug-likeness (QED) is 0.563. The van der Waals surface area contributed by atoms with Crippen LogP contribution in [-0.2, 0) is 6.42 Å². The summed E-state index contributed by atoms with van der Waals surface area (Å²) in [6.07, 6.45) is 2.03. The molecule has 1 amide bonds. The summed E-state index contributed by atoms with van der Waals surface area (Å²) >= 11 is 1.28. The Balaban J connectivity index is 1.67. The number of aryl methyl sites for hydroxylation is 1. The van der Waals surface area contributed by atoms with E-state index in [0.717, 1.165) is 47.7 Å². The van der Waals surface area contributed by atoms with Crippen LogP contribution >= 0.6 is 11.8 Å². The first kappa shape index (κ1) is 19.2. The first-order valence-electron chi connectivity index (χ1n) is 9.47. The second-order valence-electron chi connectivity index (χ2n) is 6.96. The second kappa shape index (κ2) is 8.10. The third kappa shape index (κ3) is 3.76. The molecule has 4 rings (SSSR count). The fourth-order valence-corrected chi connectivity index (χ4v) is 4.42. The number of anilines is 1. The highest BCUT2D eigenvalue weighted by Crippen LogP contribution is 2.31. The Hall–Kier alpha value is -3.11. The van der Waals surface area contributed by atoms with Gasteiger partial charge in [-0.1, -0.05) is 17.8 Å². The van der Waals surface area contributed by atoms with Crippen molar-refractivity contribution in [3.8, 4) is 6.07 Å². The summed E-state index contributed by atoms with van der Waals surface area (Å²) in [6, 6.07) is 16.1. The summed E-state index contributed by atoms with van der Waals surface area (Å²) in [5.41, 5.74) is 6.03. The van der Waals surface area contributed by atoms with E-state index in [1.54, 1.807) is 14.1 Å². The van der Waals surface area contributed by atoms with Crippen molar-refractivity contribution in [2.75, 3.05) is 31.3 Å². The van der Waals surface area contributed by atoms with Crippen LogP contribution in [0, 0.1) is 11.3 Å². The Morgan fingerprint density at radius 3 is 2.72 bits per heavy atom. The molecule has 0 fully saturated rings. The van der Waals surface area contributed by atoms with Crippen molar-refractivity contribution in [1.29, 1.82) is 5.26 Å². The van der Waals surface area contributed by atoms with Crippen molar-refractivity contribution in [1.82, 2.24) is 5.01 Å². The number of fused-ring (bicyclic) bond motifs is 1. The Morgan fingerprint density at radius 1 is 1.24 bits per heavy atom. The third-order valence-electron chi connectivity index (χ3n) is 5.14. The van der Waals surface area contributed by atoms with E-state index in [9.17, 15) is 4.79 Å². The number of amides is 1. The molecule has 29 heavy (non-hydrogen) atoms. The van der Waals surface area contributed by atoms with Crippen LogP contribution in [0.3, 0.4) is 0 Å². The van der Waals surface area contributed by atoms with Gasteiger partial charge in [0.1, 0.15) is 5.84 Å². The Bertz CT molecular complexity index is 1050. The van der Waals surface area contributed by atoms with Gasteiger partial charge in [0.2, 0.25) is 0 Å². The summed E-state index contributed by atoms with van der Waals surface area (Å²) in [5, 5.41) is 14.9. The van der Waals surface area contributed by atoms with Gasteiger partial charge < -0.3 is 4.90 Å². The monoisotopic (exact) mass is 403 g/mol. The van der Waals surface area contributed by atoms with Crippen LogP contribution in [0.4, 0.5) is 10.5 Å². The molecule has 6 nitrogen and oxygen atoms in total. The molecular weight excluding hydrogens is 382 g/mol. The van der Waals surface area contributed by atoms with Crippen LogP contribution in [0.5, 0.6) is 0 Å². The molecule has 2 aromatic carbocycles. The van der Waals surface area contributed by atoms with Crippen molar-refractivity contribution in [3.05, 3.63) is 64.7 Å². The molecular formula is C22H21N5OS. The molecule has 0 aromatic heterocycles. The minimum atomic E-state index is -0.0240. The zero-order valence-electron chi connectivity index (χ0n) is 16.4. The number of amidine groups is 1. The molecule has 0 radical (unpaired) electrons. The molecule has 0 unspecified atom stereocenters. The molecule has 0 saturated heterocycles. The first-order chi connectivity index (χ1) is 14.1. The maximum absolute atomic E-state index is 11.7. The van der Waals surface area contributed by atoms with Gasteiger partial charge >= 0.3 is 5.24 Å². The highest BCUT2D eigenvalue weighted by Gasteiger charge is 2.24. The van der Waals surface area contributed by atoms with Gasteiger partial charge in [-0.15, -0.1) is 0 Å². The van der Waals surface area contributed by atoms with Crippen LogP contribution < -0.4 is 4.90 Å². The average molecular weight is 404 g/mol. The molecule has 146 valence electrons. The zero-order chi connectivity index (χ0) is 20.4.